The van der Waals surface area contributed by atoms with Crippen molar-refractivity contribution in [1.29, 1.82) is 0 Å². The smallest absolute Gasteiger partial charge is 0.242 e. The molecule has 1 aliphatic heterocycles. The molecule has 1 unspecified atom stereocenters. The fraction of sp³-hybridized carbons (Fsp3) is 0.538. The van der Waals surface area contributed by atoms with Gasteiger partial charge in [0.15, 0.2) is 0 Å². The summed E-state index contributed by atoms with van der Waals surface area (Å²) in [5.41, 5.74) is 6.30. The van der Waals surface area contributed by atoms with Gasteiger partial charge >= 0.3 is 0 Å². The zero-order valence-electron chi connectivity index (χ0n) is 11.3. The average molecular weight is 264 g/mol. The molecule has 1 amide bonds. The van der Waals surface area contributed by atoms with Gasteiger partial charge in [0.1, 0.15) is 11.9 Å². The maximum atomic E-state index is 11.7. The Bertz CT molecular complexity index is 462. The van der Waals surface area contributed by atoms with E-state index in [4.69, 9.17) is 10.5 Å². The number of anilines is 2. The molecule has 0 aliphatic carbocycles. The Morgan fingerprint density at radius 2 is 2.32 bits per heavy atom. The maximum absolute atomic E-state index is 11.7. The molecule has 1 fully saturated rings. The summed E-state index contributed by atoms with van der Waals surface area (Å²) in [5.74, 6) is 1.01. The molecule has 0 radical (unpaired) electrons. The monoisotopic (exact) mass is 264 g/mol. The average Bonchev–Trinajstić information content (AvgIpc) is 2.35. The maximum Gasteiger partial charge on any atom is 0.242 e. The Hall–Kier alpha value is -1.98. The first-order valence-corrected chi connectivity index (χ1v) is 6.53. The van der Waals surface area contributed by atoms with Gasteiger partial charge in [0.25, 0.3) is 0 Å². The molecule has 6 heteroatoms. The van der Waals surface area contributed by atoms with E-state index in [-0.39, 0.29) is 18.1 Å². The summed E-state index contributed by atoms with van der Waals surface area (Å²) in [6.45, 7) is 4.57. The van der Waals surface area contributed by atoms with E-state index in [9.17, 15) is 4.79 Å². The van der Waals surface area contributed by atoms with E-state index in [0.717, 1.165) is 19.4 Å². The van der Waals surface area contributed by atoms with Crippen LogP contribution >= 0.6 is 0 Å². The molecular weight excluding hydrogens is 244 g/mol. The molecule has 19 heavy (non-hydrogen) atoms. The molecule has 1 aromatic heterocycles. The molecule has 1 saturated heterocycles. The second kappa shape index (κ2) is 5.77. The van der Waals surface area contributed by atoms with Gasteiger partial charge in [0.05, 0.1) is 11.8 Å². The van der Waals surface area contributed by atoms with Crippen LogP contribution in [0.4, 0.5) is 11.5 Å². The van der Waals surface area contributed by atoms with Crippen molar-refractivity contribution in [3.63, 3.8) is 0 Å². The number of carbonyl (C=O) groups excluding carboxylic acids is 1. The summed E-state index contributed by atoms with van der Waals surface area (Å²) in [5, 5.41) is 5.94. The van der Waals surface area contributed by atoms with Crippen LogP contribution in [0.2, 0.25) is 0 Å². The van der Waals surface area contributed by atoms with Crippen molar-refractivity contribution in [2.24, 2.45) is 0 Å². The highest BCUT2D eigenvalue weighted by Gasteiger charge is 2.22. The van der Waals surface area contributed by atoms with Gasteiger partial charge in [-0.1, -0.05) is 0 Å². The molecule has 0 aromatic carbocycles. The topological polar surface area (TPSA) is 89.3 Å². The van der Waals surface area contributed by atoms with Crippen molar-refractivity contribution in [3.05, 3.63) is 12.1 Å². The number of nitrogen functional groups attached to an aromatic ring is 1. The number of piperidine rings is 1. The van der Waals surface area contributed by atoms with Gasteiger partial charge in [-0.15, -0.1) is 0 Å². The first-order valence-electron chi connectivity index (χ1n) is 6.53. The molecule has 0 saturated carbocycles. The van der Waals surface area contributed by atoms with E-state index in [2.05, 4.69) is 15.6 Å². The second-order valence-electron chi connectivity index (χ2n) is 4.89. The first-order chi connectivity index (χ1) is 9.06. The number of pyridine rings is 1. The second-order valence-corrected chi connectivity index (χ2v) is 4.89. The van der Waals surface area contributed by atoms with E-state index in [1.807, 2.05) is 13.8 Å². The van der Waals surface area contributed by atoms with Crippen molar-refractivity contribution in [1.82, 2.24) is 10.3 Å². The minimum absolute atomic E-state index is 0.00280. The van der Waals surface area contributed by atoms with E-state index in [0.29, 0.717) is 17.4 Å². The lowest BCUT2D eigenvalue weighted by atomic mass is 10.1. The van der Waals surface area contributed by atoms with Gasteiger partial charge < -0.3 is 21.1 Å². The van der Waals surface area contributed by atoms with Crippen molar-refractivity contribution in [2.75, 3.05) is 17.6 Å². The number of nitrogens with two attached hydrogens (primary N) is 1. The Balaban J connectivity index is 2.09. The fourth-order valence-corrected chi connectivity index (χ4v) is 1.94. The molecule has 104 valence electrons. The highest BCUT2D eigenvalue weighted by Crippen LogP contribution is 2.23. The highest BCUT2D eigenvalue weighted by atomic mass is 16.5. The van der Waals surface area contributed by atoms with Crippen molar-refractivity contribution in [2.45, 2.75) is 38.8 Å². The molecule has 6 nitrogen and oxygen atoms in total. The predicted molar refractivity (Wildman–Crippen MR) is 74.1 cm³/mol. The third-order valence-corrected chi connectivity index (χ3v) is 2.84. The van der Waals surface area contributed by atoms with E-state index in [1.165, 1.54) is 0 Å². The minimum atomic E-state index is -0.239. The highest BCUT2D eigenvalue weighted by molar-refractivity contribution is 5.85. The third kappa shape index (κ3) is 3.49. The Kier molecular flexibility index (Phi) is 4.09. The van der Waals surface area contributed by atoms with Crippen molar-refractivity contribution in [3.8, 4) is 5.88 Å². The van der Waals surface area contributed by atoms with Gasteiger partial charge in [0.2, 0.25) is 11.8 Å². The standard InChI is InChI=1S/C13H20N4O2/c1-8(2)19-13-9(14)5-6-11(17-13)16-10-4-3-7-15-12(10)18/h5-6,8,10H,3-4,7,14H2,1-2H3,(H,15,18)(H,16,17). The summed E-state index contributed by atoms with van der Waals surface area (Å²) in [6, 6.07) is 3.25. The first kappa shape index (κ1) is 13.5. The lowest BCUT2D eigenvalue weighted by Gasteiger charge is -2.23. The number of nitrogens with one attached hydrogen (secondary N) is 2. The van der Waals surface area contributed by atoms with Gasteiger partial charge in [-0.2, -0.15) is 4.98 Å². The number of carbonyl (C=O) groups is 1. The minimum Gasteiger partial charge on any atom is -0.473 e. The fourth-order valence-electron chi connectivity index (χ4n) is 1.94. The molecule has 2 rings (SSSR count). The third-order valence-electron chi connectivity index (χ3n) is 2.84. The van der Waals surface area contributed by atoms with Gasteiger partial charge in [-0.05, 0) is 38.8 Å². The summed E-state index contributed by atoms with van der Waals surface area (Å²) in [4.78, 5) is 16.0. The van der Waals surface area contributed by atoms with Gasteiger partial charge in [0, 0.05) is 6.54 Å². The van der Waals surface area contributed by atoms with Crippen molar-refractivity contribution < 1.29 is 9.53 Å². The molecule has 0 bridgehead atoms. The summed E-state index contributed by atoms with van der Waals surface area (Å²) >= 11 is 0. The van der Waals surface area contributed by atoms with Crippen LogP contribution in [0.1, 0.15) is 26.7 Å². The van der Waals surface area contributed by atoms with E-state index >= 15 is 0 Å². The molecule has 1 atom stereocenters. The van der Waals surface area contributed by atoms with Crippen LogP contribution in [0.15, 0.2) is 12.1 Å². The lowest BCUT2D eigenvalue weighted by Crippen LogP contribution is -2.44. The van der Waals surface area contributed by atoms with E-state index in [1.54, 1.807) is 12.1 Å². The zero-order valence-corrected chi connectivity index (χ0v) is 11.3. The van der Waals surface area contributed by atoms with Crippen LogP contribution in [0.25, 0.3) is 0 Å². The Labute approximate surface area is 112 Å². The number of hydrogen-bond acceptors (Lipinski definition) is 5. The number of hydrogen-bond donors (Lipinski definition) is 3. The quantitative estimate of drug-likeness (QED) is 0.759. The van der Waals surface area contributed by atoms with E-state index < -0.39 is 0 Å². The van der Waals surface area contributed by atoms with Crippen LogP contribution in [0, 0.1) is 0 Å². The molecule has 4 N–H and O–H groups in total. The predicted octanol–water partition coefficient (Wildman–Crippen LogP) is 1.14. The van der Waals surface area contributed by atoms with Crippen LogP contribution < -0.4 is 21.1 Å². The number of rotatable bonds is 4. The number of nitrogens with zero attached hydrogens (tertiary/aromatic N) is 1. The molecule has 0 spiro atoms. The van der Waals surface area contributed by atoms with Crippen LogP contribution in [0.5, 0.6) is 5.88 Å². The number of ether oxygens (including phenoxy) is 1. The van der Waals surface area contributed by atoms with Gasteiger partial charge in [-0.25, -0.2) is 0 Å². The number of aromatic nitrogens is 1. The summed E-state index contributed by atoms with van der Waals surface area (Å²) in [6.07, 6.45) is 1.77. The molecular formula is C13H20N4O2. The summed E-state index contributed by atoms with van der Waals surface area (Å²) < 4.78 is 5.52. The zero-order chi connectivity index (χ0) is 13.8. The number of amides is 1. The Morgan fingerprint density at radius 1 is 1.53 bits per heavy atom. The largest absolute Gasteiger partial charge is 0.473 e. The van der Waals surface area contributed by atoms with Crippen LogP contribution in [-0.2, 0) is 4.79 Å². The summed E-state index contributed by atoms with van der Waals surface area (Å²) in [7, 11) is 0. The SMILES string of the molecule is CC(C)Oc1nc(NC2CCCNC2=O)ccc1N. The molecule has 1 aromatic rings. The van der Waals surface area contributed by atoms with Crippen molar-refractivity contribution >= 4 is 17.4 Å². The lowest BCUT2D eigenvalue weighted by molar-refractivity contribution is -0.123. The molecule has 2 heterocycles. The Morgan fingerprint density at radius 3 is 3.00 bits per heavy atom. The van der Waals surface area contributed by atoms with Crippen LogP contribution in [0.3, 0.4) is 0 Å². The van der Waals surface area contributed by atoms with Crippen LogP contribution in [-0.4, -0.2) is 29.6 Å². The van der Waals surface area contributed by atoms with Gasteiger partial charge in [-0.3, -0.25) is 4.79 Å². The normalized spacial score (nSPS) is 19.1. The molecule has 1 aliphatic rings.